The Hall–Kier alpha value is -3.46. The first-order valence-corrected chi connectivity index (χ1v) is 10.8. The highest BCUT2D eigenvalue weighted by atomic mass is 19.1. The van der Waals surface area contributed by atoms with Crippen LogP contribution in [0, 0.1) is 5.82 Å². The minimum Gasteiger partial charge on any atom is -0.508 e. The fourth-order valence-electron chi connectivity index (χ4n) is 4.38. The number of halogens is 1. The molecule has 1 fully saturated rings. The average Bonchev–Trinajstić information content (AvgIpc) is 3.42. The molecule has 4 aromatic rings. The van der Waals surface area contributed by atoms with Gasteiger partial charge in [-0.2, -0.15) is 10.2 Å². The number of hydrogen-bond acceptors (Lipinski definition) is 6. The van der Waals surface area contributed by atoms with Gasteiger partial charge < -0.3 is 15.5 Å². The van der Waals surface area contributed by atoms with Crippen molar-refractivity contribution < 1.29 is 14.6 Å². The van der Waals surface area contributed by atoms with Crippen LogP contribution in [0.25, 0.3) is 16.8 Å². The van der Waals surface area contributed by atoms with Crippen molar-refractivity contribution in [1.82, 2.24) is 24.4 Å². The smallest absolute Gasteiger partial charge is 0.165 e. The summed E-state index contributed by atoms with van der Waals surface area (Å²) in [6.07, 6.45) is 10.7. The Morgan fingerprint density at radius 2 is 2.00 bits per heavy atom. The Labute approximate surface area is 184 Å². The molecule has 1 aliphatic rings. The van der Waals surface area contributed by atoms with Crippen LogP contribution in [0.1, 0.15) is 50.3 Å². The molecule has 3 unspecified atom stereocenters. The second-order valence-corrected chi connectivity index (χ2v) is 8.34. The van der Waals surface area contributed by atoms with Crippen LogP contribution < -0.4 is 5.32 Å². The van der Waals surface area contributed by atoms with Gasteiger partial charge in [0.1, 0.15) is 17.4 Å². The highest BCUT2D eigenvalue weighted by molar-refractivity contribution is 5.76. The standard InChI is InChI=1S/C23H25FN6O2/c1-14(17-10-16(24)6-7-20(17)31)27-22-8-9-29-23(28-22)18(12-26-29)15-11-25-30(13-15)19-4-2-3-5-21(19)32/h6-14,19,21,31-32H,2-5H2,1H3,(H,27,28). The minimum atomic E-state index is -0.409. The summed E-state index contributed by atoms with van der Waals surface area (Å²) in [5.41, 5.74) is 2.80. The van der Waals surface area contributed by atoms with Gasteiger partial charge in [-0.3, -0.25) is 4.68 Å². The number of nitrogens with one attached hydrogen (secondary N) is 1. The average molecular weight is 436 g/mol. The van der Waals surface area contributed by atoms with Crippen molar-refractivity contribution in [1.29, 1.82) is 0 Å². The fraction of sp³-hybridized carbons (Fsp3) is 0.348. The number of fused-ring (bicyclic) bond motifs is 1. The number of aromatic nitrogens is 5. The predicted molar refractivity (Wildman–Crippen MR) is 118 cm³/mol. The van der Waals surface area contributed by atoms with E-state index >= 15 is 0 Å². The minimum absolute atomic E-state index is 0.00989. The van der Waals surface area contributed by atoms with Crippen molar-refractivity contribution in [2.75, 3.05) is 5.32 Å². The van der Waals surface area contributed by atoms with E-state index in [1.165, 1.54) is 18.2 Å². The molecule has 0 aliphatic heterocycles. The first kappa shape index (κ1) is 20.4. The van der Waals surface area contributed by atoms with Gasteiger partial charge in [0.2, 0.25) is 0 Å². The van der Waals surface area contributed by atoms with Crippen LogP contribution in [-0.2, 0) is 0 Å². The maximum absolute atomic E-state index is 13.6. The van der Waals surface area contributed by atoms with Gasteiger partial charge in [0.15, 0.2) is 5.65 Å². The molecule has 0 bridgehead atoms. The van der Waals surface area contributed by atoms with E-state index in [9.17, 15) is 14.6 Å². The van der Waals surface area contributed by atoms with Gasteiger partial charge in [-0.1, -0.05) is 12.8 Å². The lowest BCUT2D eigenvalue weighted by atomic mass is 9.93. The van der Waals surface area contributed by atoms with E-state index in [2.05, 4.69) is 15.5 Å². The molecule has 166 valence electrons. The zero-order valence-corrected chi connectivity index (χ0v) is 17.7. The quantitative estimate of drug-likeness (QED) is 0.436. The van der Waals surface area contributed by atoms with Crippen LogP contribution in [0.2, 0.25) is 0 Å². The Kier molecular flexibility index (Phi) is 5.26. The molecule has 0 radical (unpaired) electrons. The van der Waals surface area contributed by atoms with Crippen molar-refractivity contribution in [3.8, 4) is 16.9 Å². The fourth-order valence-corrected chi connectivity index (χ4v) is 4.38. The topological polar surface area (TPSA) is 100 Å². The number of anilines is 1. The number of benzene rings is 1. The molecule has 1 aliphatic carbocycles. The molecule has 1 saturated carbocycles. The van der Waals surface area contributed by atoms with Crippen molar-refractivity contribution in [3.63, 3.8) is 0 Å². The Morgan fingerprint density at radius 1 is 1.16 bits per heavy atom. The molecule has 9 heteroatoms. The molecular weight excluding hydrogens is 411 g/mol. The summed E-state index contributed by atoms with van der Waals surface area (Å²) < 4.78 is 17.1. The summed E-state index contributed by atoms with van der Waals surface area (Å²) in [5.74, 6) is 0.188. The van der Waals surface area contributed by atoms with Crippen molar-refractivity contribution in [3.05, 3.63) is 60.4 Å². The van der Waals surface area contributed by atoms with Crippen molar-refractivity contribution in [2.45, 2.75) is 50.8 Å². The van der Waals surface area contributed by atoms with Gasteiger partial charge in [-0.15, -0.1) is 0 Å². The Bertz CT molecular complexity index is 1250. The van der Waals surface area contributed by atoms with E-state index in [0.29, 0.717) is 17.0 Å². The number of phenolic OH excluding ortho intramolecular Hbond substituents is 1. The van der Waals surface area contributed by atoms with Crippen molar-refractivity contribution in [2.24, 2.45) is 0 Å². The highest BCUT2D eigenvalue weighted by Gasteiger charge is 2.25. The molecule has 5 rings (SSSR count). The van der Waals surface area contributed by atoms with E-state index in [4.69, 9.17) is 4.98 Å². The predicted octanol–water partition coefficient (Wildman–Crippen LogP) is 4.09. The lowest BCUT2D eigenvalue weighted by Crippen LogP contribution is -2.27. The molecule has 8 nitrogen and oxygen atoms in total. The van der Waals surface area contributed by atoms with Gasteiger partial charge in [-0.25, -0.2) is 13.9 Å². The highest BCUT2D eigenvalue weighted by Crippen LogP contribution is 2.31. The van der Waals surface area contributed by atoms with Crippen LogP contribution in [0.5, 0.6) is 5.75 Å². The third-order valence-electron chi connectivity index (χ3n) is 6.14. The molecule has 3 heterocycles. The lowest BCUT2D eigenvalue weighted by Gasteiger charge is -2.27. The van der Waals surface area contributed by atoms with Crippen LogP contribution in [0.4, 0.5) is 10.2 Å². The first-order valence-electron chi connectivity index (χ1n) is 10.8. The Balaban J connectivity index is 1.43. The van der Waals surface area contributed by atoms with E-state index in [1.54, 1.807) is 29.2 Å². The van der Waals surface area contributed by atoms with E-state index in [0.717, 1.165) is 36.8 Å². The number of aromatic hydroxyl groups is 1. The van der Waals surface area contributed by atoms with E-state index in [1.807, 2.05) is 17.8 Å². The van der Waals surface area contributed by atoms with Gasteiger partial charge in [0.05, 0.1) is 30.6 Å². The van der Waals surface area contributed by atoms with Crippen LogP contribution >= 0.6 is 0 Å². The number of rotatable bonds is 5. The second kappa shape index (κ2) is 8.23. The lowest BCUT2D eigenvalue weighted by molar-refractivity contribution is 0.0695. The zero-order valence-electron chi connectivity index (χ0n) is 17.7. The summed E-state index contributed by atoms with van der Waals surface area (Å²) >= 11 is 0. The van der Waals surface area contributed by atoms with Crippen molar-refractivity contribution >= 4 is 11.5 Å². The summed E-state index contributed by atoms with van der Waals surface area (Å²) in [4.78, 5) is 4.69. The molecule has 3 aromatic heterocycles. The van der Waals surface area contributed by atoms with Gasteiger partial charge in [-0.05, 0) is 44.0 Å². The second-order valence-electron chi connectivity index (χ2n) is 8.34. The molecule has 0 saturated heterocycles. The summed E-state index contributed by atoms with van der Waals surface area (Å²) in [6, 6.07) is 5.28. The maximum atomic E-state index is 13.6. The molecule has 32 heavy (non-hydrogen) atoms. The van der Waals surface area contributed by atoms with E-state index < -0.39 is 5.82 Å². The number of aliphatic hydroxyl groups is 1. The number of nitrogens with zero attached hydrogens (tertiary/aromatic N) is 5. The molecule has 1 aromatic carbocycles. The van der Waals surface area contributed by atoms with Gasteiger partial charge in [0, 0.05) is 29.1 Å². The van der Waals surface area contributed by atoms with Crippen LogP contribution in [-0.4, -0.2) is 40.7 Å². The molecule has 0 spiro atoms. The molecular formula is C23H25FN6O2. The van der Waals surface area contributed by atoms with Gasteiger partial charge >= 0.3 is 0 Å². The summed E-state index contributed by atoms with van der Waals surface area (Å²) in [7, 11) is 0. The number of hydrogen-bond donors (Lipinski definition) is 3. The monoisotopic (exact) mass is 436 g/mol. The zero-order chi connectivity index (χ0) is 22.2. The largest absolute Gasteiger partial charge is 0.508 e. The number of phenols is 1. The summed E-state index contributed by atoms with van der Waals surface area (Å²) in [6.45, 7) is 1.83. The number of aliphatic hydroxyl groups excluding tert-OH is 1. The molecule has 3 N–H and O–H groups in total. The maximum Gasteiger partial charge on any atom is 0.165 e. The SMILES string of the molecule is CC(Nc1ccn2ncc(-c3cnn(C4CCCCC4O)c3)c2n1)c1cc(F)ccc1O. The normalized spacial score (nSPS) is 19.8. The third kappa shape index (κ3) is 3.80. The molecule has 0 amide bonds. The van der Waals surface area contributed by atoms with Crippen LogP contribution in [0.15, 0.2) is 49.1 Å². The van der Waals surface area contributed by atoms with Crippen LogP contribution in [0.3, 0.4) is 0 Å². The Morgan fingerprint density at radius 3 is 2.84 bits per heavy atom. The molecule has 3 atom stereocenters. The third-order valence-corrected chi connectivity index (χ3v) is 6.14. The van der Waals surface area contributed by atoms with Gasteiger partial charge in [0.25, 0.3) is 0 Å². The van der Waals surface area contributed by atoms with E-state index in [-0.39, 0.29) is 23.9 Å². The first-order chi connectivity index (χ1) is 15.5. The summed E-state index contributed by atoms with van der Waals surface area (Å²) in [5, 5.41) is 32.5.